The van der Waals surface area contributed by atoms with Gasteiger partial charge in [0.2, 0.25) is 0 Å². The summed E-state index contributed by atoms with van der Waals surface area (Å²) < 4.78 is 11.1. The lowest BCUT2D eigenvalue weighted by atomic mass is 10.1. The van der Waals surface area contributed by atoms with Crippen molar-refractivity contribution in [2.45, 2.75) is 32.2 Å². The molecule has 0 aromatic heterocycles. The number of rotatable bonds is 7. The van der Waals surface area contributed by atoms with Gasteiger partial charge < -0.3 is 15.2 Å². The third-order valence-corrected chi connectivity index (χ3v) is 3.23. The van der Waals surface area contributed by atoms with Crippen LogP contribution in [0.1, 0.15) is 25.3 Å². The third-order valence-electron chi connectivity index (χ3n) is 2.93. The Bertz CT molecular complexity index is 391. The summed E-state index contributed by atoms with van der Waals surface area (Å²) in [6, 6.07) is 5.81. The van der Waals surface area contributed by atoms with Crippen LogP contribution in [0, 0.1) is 5.92 Å². The first-order valence-corrected chi connectivity index (χ1v) is 6.78. The van der Waals surface area contributed by atoms with Crippen LogP contribution in [-0.4, -0.2) is 19.4 Å². The Morgan fingerprint density at radius 1 is 1.44 bits per heavy atom. The Kier molecular flexibility index (Phi) is 4.87. The van der Waals surface area contributed by atoms with Crippen LogP contribution in [0.25, 0.3) is 0 Å². The molecule has 0 spiro atoms. The van der Waals surface area contributed by atoms with E-state index in [-0.39, 0.29) is 12.8 Å². The second-order valence-electron chi connectivity index (χ2n) is 4.99. The van der Waals surface area contributed by atoms with E-state index in [0.717, 1.165) is 24.5 Å². The second-order valence-corrected chi connectivity index (χ2v) is 5.39. The lowest BCUT2D eigenvalue weighted by Crippen LogP contribution is -2.18. The highest BCUT2D eigenvalue weighted by atomic mass is 35.5. The lowest BCUT2D eigenvalue weighted by Gasteiger charge is -2.14. The Morgan fingerprint density at radius 2 is 2.22 bits per heavy atom. The van der Waals surface area contributed by atoms with Crippen LogP contribution < -0.4 is 10.5 Å². The van der Waals surface area contributed by atoms with E-state index in [4.69, 9.17) is 26.8 Å². The van der Waals surface area contributed by atoms with Crippen LogP contribution in [0.15, 0.2) is 18.2 Å². The zero-order chi connectivity index (χ0) is 13.0. The topological polar surface area (TPSA) is 44.5 Å². The minimum Gasteiger partial charge on any atom is -0.466 e. The van der Waals surface area contributed by atoms with Crippen molar-refractivity contribution >= 4 is 11.6 Å². The number of para-hydroxylation sites is 1. The van der Waals surface area contributed by atoms with Gasteiger partial charge >= 0.3 is 0 Å². The van der Waals surface area contributed by atoms with E-state index in [1.54, 1.807) is 0 Å². The monoisotopic (exact) mass is 269 g/mol. The molecule has 1 aromatic rings. The number of nitrogens with two attached hydrogens (primary N) is 1. The fourth-order valence-electron chi connectivity index (χ4n) is 1.82. The molecule has 0 aliphatic heterocycles. The molecule has 3 nitrogen and oxygen atoms in total. The fraction of sp³-hybridized carbons (Fsp3) is 0.571. The largest absolute Gasteiger partial charge is 0.466 e. The predicted molar refractivity (Wildman–Crippen MR) is 73.0 cm³/mol. The molecule has 1 saturated carbocycles. The van der Waals surface area contributed by atoms with E-state index in [9.17, 15) is 0 Å². The molecule has 0 amide bonds. The van der Waals surface area contributed by atoms with Gasteiger partial charge in [0.25, 0.3) is 0 Å². The Hall–Kier alpha value is -0.770. The summed E-state index contributed by atoms with van der Waals surface area (Å²) in [5, 5.41) is 0.614. The highest BCUT2D eigenvalue weighted by molar-refractivity contribution is 6.32. The SMILES string of the molecule is CC(N)Cc1cccc(Cl)c1OCOCC1CC1. The zero-order valence-electron chi connectivity index (χ0n) is 10.7. The maximum absolute atomic E-state index is 6.15. The average Bonchev–Trinajstić information content (AvgIpc) is 3.10. The average molecular weight is 270 g/mol. The van der Waals surface area contributed by atoms with Crippen LogP contribution in [0.3, 0.4) is 0 Å². The Morgan fingerprint density at radius 3 is 2.89 bits per heavy atom. The number of benzene rings is 1. The van der Waals surface area contributed by atoms with Gasteiger partial charge in [-0.05, 0) is 43.7 Å². The van der Waals surface area contributed by atoms with Gasteiger partial charge in [-0.25, -0.2) is 0 Å². The summed E-state index contributed by atoms with van der Waals surface area (Å²) in [4.78, 5) is 0. The first-order chi connectivity index (χ1) is 8.66. The molecule has 2 N–H and O–H groups in total. The summed E-state index contributed by atoms with van der Waals surface area (Å²) in [5.74, 6) is 1.44. The van der Waals surface area contributed by atoms with Crippen LogP contribution in [-0.2, 0) is 11.2 Å². The molecule has 1 aliphatic rings. The normalized spacial score (nSPS) is 16.6. The zero-order valence-corrected chi connectivity index (χ0v) is 11.5. The number of halogens is 1. The molecule has 0 radical (unpaired) electrons. The molecule has 100 valence electrons. The molecule has 18 heavy (non-hydrogen) atoms. The Balaban J connectivity index is 1.90. The van der Waals surface area contributed by atoms with Gasteiger partial charge in [0.05, 0.1) is 11.6 Å². The highest BCUT2D eigenvalue weighted by Gasteiger charge is 2.21. The summed E-state index contributed by atoms with van der Waals surface area (Å²) in [7, 11) is 0. The lowest BCUT2D eigenvalue weighted by molar-refractivity contribution is 0.00949. The molecule has 1 aliphatic carbocycles. The first-order valence-electron chi connectivity index (χ1n) is 6.40. The molecule has 0 heterocycles. The maximum atomic E-state index is 6.15. The van der Waals surface area contributed by atoms with Crippen molar-refractivity contribution in [3.8, 4) is 5.75 Å². The summed E-state index contributed by atoms with van der Waals surface area (Å²) in [6.45, 7) is 3.01. The van der Waals surface area contributed by atoms with Crippen LogP contribution in [0.2, 0.25) is 5.02 Å². The van der Waals surface area contributed by atoms with Crippen molar-refractivity contribution < 1.29 is 9.47 Å². The molecule has 4 heteroatoms. The van der Waals surface area contributed by atoms with Crippen molar-refractivity contribution in [3.63, 3.8) is 0 Å². The predicted octanol–water partition coefficient (Wildman–Crippen LogP) is 2.99. The molecule has 1 atom stereocenters. The van der Waals surface area contributed by atoms with Gasteiger partial charge in [-0.15, -0.1) is 0 Å². The first kappa shape index (κ1) is 13.7. The standard InChI is InChI=1S/C14H20ClNO2/c1-10(16)7-12-3-2-4-13(15)14(12)18-9-17-8-11-5-6-11/h2-4,10-11H,5-9,16H2,1H3. The number of hydrogen-bond donors (Lipinski definition) is 1. The number of hydrogen-bond acceptors (Lipinski definition) is 3. The van der Waals surface area contributed by atoms with E-state index >= 15 is 0 Å². The van der Waals surface area contributed by atoms with Gasteiger partial charge in [0.1, 0.15) is 5.75 Å². The van der Waals surface area contributed by atoms with E-state index in [1.807, 2.05) is 25.1 Å². The van der Waals surface area contributed by atoms with Crippen LogP contribution in [0.5, 0.6) is 5.75 Å². The minimum absolute atomic E-state index is 0.0817. The van der Waals surface area contributed by atoms with Gasteiger partial charge in [0, 0.05) is 6.04 Å². The molecule has 1 aromatic carbocycles. The van der Waals surface area contributed by atoms with Gasteiger partial charge in [-0.3, -0.25) is 0 Å². The van der Waals surface area contributed by atoms with Gasteiger partial charge in [-0.1, -0.05) is 23.7 Å². The van der Waals surface area contributed by atoms with Gasteiger partial charge in [-0.2, -0.15) is 0 Å². The molecule has 0 saturated heterocycles. The van der Waals surface area contributed by atoms with E-state index in [2.05, 4.69) is 0 Å². The number of ether oxygens (including phenoxy) is 2. The van der Waals surface area contributed by atoms with Gasteiger partial charge in [0.15, 0.2) is 6.79 Å². The van der Waals surface area contributed by atoms with E-state index < -0.39 is 0 Å². The van der Waals surface area contributed by atoms with Crippen molar-refractivity contribution in [1.29, 1.82) is 0 Å². The third kappa shape index (κ3) is 4.16. The molecular formula is C14H20ClNO2. The second kappa shape index (κ2) is 6.41. The van der Waals surface area contributed by atoms with Crippen LogP contribution >= 0.6 is 11.6 Å². The molecule has 0 bridgehead atoms. The van der Waals surface area contributed by atoms with Crippen molar-refractivity contribution in [2.24, 2.45) is 11.7 Å². The maximum Gasteiger partial charge on any atom is 0.189 e. The van der Waals surface area contributed by atoms with Crippen molar-refractivity contribution in [3.05, 3.63) is 28.8 Å². The smallest absolute Gasteiger partial charge is 0.189 e. The van der Waals surface area contributed by atoms with Crippen molar-refractivity contribution in [2.75, 3.05) is 13.4 Å². The summed E-state index contributed by atoms with van der Waals surface area (Å²) in [5.41, 5.74) is 6.85. The summed E-state index contributed by atoms with van der Waals surface area (Å²) in [6.07, 6.45) is 3.31. The van der Waals surface area contributed by atoms with E-state index in [1.165, 1.54) is 12.8 Å². The molecule has 2 rings (SSSR count). The molecule has 1 unspecified atom stereocenters. The highest BCUT2D eigenvalue weighted by Crippen LogP contribution is 2.31. The van der Waals surface area contributed by atoms with E-state index in [0.29, 0.717) is 10.8 Å². The minimum atomic E-state index is 0.0817. The molecule has 1 fully saturated rings. The molecular weight excluding hydrogens is 250 g/mol. The fourth-order valence-corrected chi connectivity index (χ4v) is 2.07. The Labute approximate surface area is 113 Å². The van der Waals surface area contributed by atoms with Crippen LogP contribution in [0.4, 0.5) is 0 Å². The summed E-state index contributed by atoms with van der Waals surface area (Å²) >= 11 is 6.15. The van der Waals surface area contributed by atoms with Crippen molar-refractivity contribution in [1.82, 2.24) is 0 Å². The quantitative estimate of drug-likeness (QED) is 0.611.